The van der Waals surface area contributed by atoms with E-state index in [0.29, 0.717) is 33.2 Å². The third-order valence-corrected chi connectivity index (χ3v) is 6.13. The molecular formula is C21H23N3O5S2. The predicted molar refractivity (Wildman–Crippen MR) is 122 cm³/mol. The summed E-state index contributed by atoms with van der Waals surface area (Å²) in [4.78, 5) is 35.1. The topological polar surface area (TPSA) is 101 Å². The van der Waals surface area contributed by atoms with Gasteiger partial charge in [-0.15, -0.1) is 11.3 Å². The number of aliphatic carboxylic acids is 1. The lowest BCUT2D eigenvalue weighted by Gasteiger charge is -2.14. The summed E-state index contributed by atoms with van der Waals surface area (Å²) in [7, 11) is 1.48. The Morgan fingerprint density at radius 2 is 2.16 bits per heavy atom. The molecule has 1 unspecified atom stereocenters. The van der Waals surface area contributed by atoms with Crippen LogP contribution in [0.5, 0.6) is 11.5 Å². The molecule has 2 aromatic rings. The first-order valence-electron chi connectivity index (χ1n) is 9.62. The fourth-order valence-electron chi connectivity index (χ4n) is 2.75. The third-order valence-electron chi connectivity index (χ3n) is 4.27. The van der Waals surface area contributed by atoms with Crippen molar-refractivity contribution in [2.75, 3.05) is 13.7 Å². The zero-order valence-corrected chi connectivity index (χ0v) is 19.2. The van der Waals surface area contributed by atoms with Crippen LogP contribution in [0.4, 0.5) is 5.13 Å². The van der Waals surface area contributed by atoms with Crippen LogP contribution < -0.4 is 9.47 Å². The molecule has 3 rings (SSSR count). The highest BCUT2D eigenvalue weighted by Gasteiger charge is 2.33. The third kappa shape index (κ3) is 5.45. The Morgan fingerprint density at radius 3 is 2.77 bits per heavy atom. The van der Waals surface area contributed by atoms with Crippen LogP contribution in [0.2, 0.25) is 0 Å². The minimum atomic E-state index is -1.07. The number of ether oxygens (including phenoxy) is 2. The molecule has 1 aromatic heterocycles. The average molecular weight is 462 g/mol. The van der Waals surface area contributed by atoms with Gasteiger partial charge in [-0.25, -0.2) is 9.78 Å². The number of nitrogens with zero attached hydrogens (tertiary/aromatic N) is 3. The molecule has 0 saturated carbocycles. The van der Waals surface area contributed by atoms with Gasteiger partial charge in [0.1, 0.15) is 0 Å². The molecule has 8 nitrogen and oxygen atoms in total. The van der Waals surface area contributed by atoms with Crippen LogP contribution in [0.1, 0.15) is 31.5 Å². The number of carbonyl (C=O) groups excluding carboxylic acids is 1. The number of aromatic nitrogens is 1. The number of thiazole rings is 1. The zero-order valence-electron chi connectivity index (χ0n) is 17.6. The van der Waals surface area contributed by atoms with Crippen LogP contribution in [0.3, 0.4) is 0 Å². The van der Waals surface area contributed by atoms with Gasteiger partial charge in [0.15, 0.2) is 22.8 Å². The standard InChI is InChI=1S/C21H23N3O5S2/c1-5-8-24-18(25)17(31-21(24)23-20-22-12(2)11-30-20)10-14-6-7-15(16(9-14)28-4)29-13(3)19(26)27/h6-7,9-11,13H,5,8H2,1-4H3,(H,26,27)/b17-10+,23-21+. The van der Waals surface area contributed by atoms with Crippen LogP contribution in [-0.2, 0) is 9.59 Å². The molecule has 31 heavy (non-hydrogen) atoms. The number of hydrogen-bond acceptors (Lipinski definition) is 8. The molecule has 164 valence electrons. The Labute approximate surface area is 188 Å². The highest BCUT2D eigenvalue weighted by atomic mass is 32.2. The van der Waals surface area contributed by atoms with Crippen molar-refractivity contribution in [2.45, 2.75) is 33.3 Å². The number of hydrogen-bond donors (Lipinski definition) is 1. The normalized spacial score (nSPS) is 17.4. The monoisotopic (exact) mass is 461 g/mol. The second-order valence-electron chi connectivity index (χ2n) is 6.74. The van der Waals surface area contributed by atoms with Gasteiger partial charge in [0.05, 0.1) is 17.7 Å². The van der Waals surface area contributed by atoms with Crippen LogP contribution in [0, 0.1) is 6.92 Å². The summed E-state index contributed by atoms with van der Waals surface area (Å²) in [5, 5.41) is 12.2. The fraction of sp³-hybridized carbons (Fsp3) is 0.333. The number of carbonyl (C=O) groups is 2. The number of amidine groups is 1. The lowest BCUT2D eigenvalue weighted by Crippen LogP contribution is -2.29. The van der Waals surface area contributed by atoms with Crippen molar-refractivity contribution in [1.82, 2.24) is 9.88 Å². The van der Waals surface area contributed by atoms with Crippen LogP contribution >= 0.6 is 23.1 Å². The van der Waals surface area contributed by atoms with Gasteiger partial charge in [0, 0.05) is 11.9 Å². The maximum absolute atomic E-state index is 13.0. The van der Waals surface area contributed by atoms with Crippen molar-refractivity contribution < 1.29 is 24.2 Å². The number of carboxylic acid groups (broad SMARTS) is 1. The van der Waals surface area contributed by atoms with Crippen molar-refractivity contribution in [2.24, 2.45) is 4.99 Å². The molecule has 0 spiro atoms. The summed E-state index contributed by atoms with van der Waals surface area (Å²) in [6, 6.07) is 5.08. The Bertz CT molecular complexity index is 1050. The number of thioether (sulfide) groups is 1. The molecule has 1 aliphatic rings. The smallest absolute Gasteiger partial charge is 0.344 e. The van der Waals surface area contributed by atoms with Gasteiger partial charge < -0.3 is 14.6 Å². The van der Waals surface area contributed by atoms with Gasteiger partial charge in [-0.1, -0.05) is 13.0 Å². The van der Waals surface area contributed by atoms with E-state index in [2.05, 4.69) is 9.98 Å². The minimum Gasteiger partial charge on any atom is -0.493 e. The molecule has 0 radical (unpaired) electrons. The number of aliphatic imine (C=N–C) groups is 1. The van der Waals surface area contributed by atoms with Crippen molar-refractivity contribution >= 4 is 51.4 Å². The van der Waals surface area contributed by atoms with Crippen molar-refractivity contribution in [1.29, 1.82) is 0 Å². The van der Waals surface area contributed by atoms with Gasteiger partial charge >= 0.3 is 5.97 Å². The quantitative estimate of drug-likeness (QED) is 0.584. The molecule has 1 saturated heterocycles. The molecule has 1 aromatic carbocycles. The Morgan fingerprint density at radius 1 is 1.39 bits per heavy atom. The first-order chi connectivity index (χ1) is 14.8. The number of carboxylic acids is 1. The summed E-state index contributed by atoms with van der Waals surface area (Å²) < 4.78 is 10.8. The SMILES string of the molecule is CCCN1C(=O)/C(=C\c2ccc(OC(C)C(=O)O)c(OC)c2)S/C1=N/c1nc(C)cs1. The first kappa shape index (κ1) is 22.8. The maximum Gasteiger partial charge on any atom is 0.344 e. The number of benzene rings is 1. The van der Waals surface area contributed by atoms with Crippen LogP contribution in [0.15, 0.2) is 33.5 Å². The van der Waals surface area contributed by atoms with Gasteiger partial charge in [0.2, 0.25) is 5.13 Å². The molecule has 10 heteroatoms. The molecule has 1 atom stereocenters. The second kappa shape index (κ2) is 9.97. The summed E-state index contributed by atoms with van der Waals surface area (Å²) in [6.45, 7) is 5.92. The van der Waals surface area contributed by atoms with E-state index in [1.807, 2.05) is 19.2 Å². The van der Waals surface area contributed by atoms with Gasteiger partial charge in [0.25, 0.3) is 5.91 Å². The number of rotatable bonds is 8. The molecule has 0 aliphatic carbocycles. The summed E-state index contributed by atoms with van der Waals surface area (Å²) in [6.07, 6.45) is 1.55. The second-order valence-corrected chi connectivity index (χ2v) is 8.59. The molecule has 1 amide bonds. The summed E-state index contributed by atoms with van der Waals surface area (Å²) in [5.41, 5.74) is 1.62. The van der Waals surface area contributed by atoms with E-state index >= 15 is 0 Å². The van der Waals surface area contributed by atoms with Crippen LogP contribution in [0.25, 0.3) is 6.08 Å². The van der Waals surface area contributed by atoms with Gasteiger partial charge in [-0.3, -0.25) is 9.69 Å². The average Bonchev–Trinajstić information content (AvgIpc) is 3.27. The van der Waals surface area contributed by atoms with E-state index < -0.39 is 12.1 Å². The van der Waals surface area contributed by atoms with E-state index in [1.165, 1.54) is 37.1 Å². The molecule has 0 bridgehead atoms. The first-order valence-corrected chi connectivity index (χ1v) is 11.3. The number of methoxy groups -OCH3 is 1. The molecule has 2 heterocycles. The molecule has 1 aliphatic heterocycles. The van der Waals surface area contributed by atoms with E-state index in [1.54, 1.807) is 29.2 Å². The lowest BCUT2D eigenvalue weighted by atomic mass is 10.1. The molecular weight excluding hydrogens is 438 g/mol. The fourth-order valence-corrected chi connectivity index (χ4v) is 4.48. The maximum atomic E-state index is 13.0. The number of aryl methyl sites for hydroxylation is 1. The van der Waals surface area contributed by atoms with E-state index in [9.17, 15) is 9.59 Å². The molecule has 1 fully saturated rings. The molecule has 1 N–H and O–H groups in total. The summed E-state index contributed by atoms with van der Waals surface area (Å²) in [5.74, 6) is -0.480. The van der Waals surface area contributed by atoms with Crippen LogP contribution in [-0.4, -0.2) is 51.8 Å². The Balaban J connectivity index is 1.89. The summed E-state index contributed by atoms with van der Waals surface area (Å²) >= 11 is 2.74. The predicted octanol–water partition coefficient (Wildman–Crippen LogP) is 4.33. The Kier molecular flexibility index (Phi) is 7.34. The van der Waals surface area contributed by atoms with E-state index in [4.69, 9.17) is 14.6 Å². The largest absolute Gasteiger partial charge is 0.493 e. The van der Waals surface area contributed by atoms with Gasteiger partial charge in [-0.05, 0) is 55.8 Å². The lowest BCUT2D eigenvalue weighted by molar-refractivity contribution is -0.144. The van der Waals surface area contributed by atoms with E-state index in [0.717, 1.165) is 17.7 Å². The Hall–Kier alpha value is -2.85. The highest BCUT2D eigenvalue weighted by Crippen LogP contribution is 2.36. The van der Waals surface area contributed by atoms with E-state index in [-0.39, 0.29) is 5.91 Å². The van der Waals surface area contributed by atoms with Crippen molar-refractivity contribution in [3.05, 3.63) is 39.7 Å². The van der Waals surface area contributed by atoms with Crippen molar-refractivity contribution in [3.8, 4) is 11.5 Å². The highest BCUT2D eigenvalue weighted by molar-refractivity contribution is 8.18. The van der Waals surface area contributed by atoms with Crippen molar-refractivity contribution in [3.63, 3.8) is 0 Å². The number of amides is 1. The van der Waals surface area contributed by atoms with Gasteiger partial charge in [-0.2, -0.15) is 4.99 Å². The minimum absolute atomic E-state index is 0.113. The zero-order chi connectivity index (χ0) is 22.5.